The van der Waals surface area contributed by atoms with Crippen LogP contribution in [-0.4, -0.2) is 105 Å². The van der Waals surface area contributed by atoms with Gasteiger partial charge in [0.1, 0.15) is 45.6 Å². The second kappa shape index (κ2) is 43.0. The Morgan fingerprint density at radius 2 is 0.425 bits per heavy atom. The van der Waals surface area contributed by atoms with Crippen molar-refractivity contribution in [3.05, 3.63) is 478 Å². The predicted octanol–water partition coefficient (Wildman–Crippen LogP) is 28.2. The summed E-state index contributed by atoms with van der Waals surface area (Å²) in [5, 5.41) is 4.76. The van der Waals surface area contributed by atoms with E-state index in [0.29, 0.717) is 115 Å². The van der Waals surface area contributed by atoms with Gasteiger partial charge >= 0.3 is 0 Å². The Kier molecular flexibility index (Phi) is 27.3. The van der Waals surface area contributed by atoms with Crippen LogP contribution in [0.5, 0.6) is 0 Å². The fraction of sp³-hybridized carbons (Fsp3) is 0.0480. The minimum atomic E-state index is 0.510. The number of rotatable bonds is 18. The molecule has 0 aliphatic heterocycles. The molecule has 0 bridgehead atoms. The van der Waals surface area contributed by atoms with Crippen LogP contribution in [0.1, 0.15) is 33.6 Å². The molecule has 11 aromatic carbocycles. The van der Waals surface area contributed by atoms with Crippen molar-refractivity contribution in [1.29, 1.82) is 0 Å². The smallest absolute Gasteiger partial charge is 0.182 e. The lowest BCUT2D eigenvalue weighted by Gasteiger charge is -2.14. The molecule has 0 fully saturated rings. The summed E-state index contributed by atoms with van der Waals surface area (Å²) in [6.45, 7) is 12.4. The average molecular weight is 1890 g/mol. The van der Waals surface area contributed by atoms with Crippen LogP contribution in [0.15, 0.2) is 444 Å². The lowest BCUT2D eigenvalue weighted by molar-refractivity contribution is 1.03. The van der Waals surface area contributed by atoms with Crippen molar-refractivity contribution in [3.8, 4) is 204 Å². The Bertz CT molecular complexity index is 8310. The van der Waals surface area contributed by atoms with E-state index in [1.165, 1.54) is 71.8 Å². The van der Waals surface area contributed by atoms with Crippen LogP contribution in [0.3, 0.4) is 0 Å². The summed E-state index contributed by atoms with van der Waals surface area (Å²) in [6.07, 6.45) is 14.2. The number of nitrogens with zero attached hydrogens (tertiary/aromatic N) is 21. The van der Waals surface area contributed by atoms with Crippen molar-refractivity contribution >= 4 is 21.5 Å². The van der Waals surface area contributed by atoms with Crippen LogP contribution in [-0.2, 0) is 0 Å². The number of fused-ring (bicyclic) bond motifs is 2. The van der Waals surface area contributed by atoms with E-state index in [0.717, 1.165) is 72.4 Å². The van der Waals surface area contributed by atoms with Gasteiger partial charge < -0.3 is 0 Å². The summed E-state index contributed by atoms with van der Waals surface area (Å²) >= 11 is 0. The highest BCUT2D eigenvalue weighted by Gasteiger charge is 2.23. The molecule has 0 aliphatic carbocycles. The molecule has 696 valence electrons. The lowest BCUT2D eigenvalue weighted by atomic mass is 9.91. The summed E-state index contributed by atoms with van der Waals surface area (Å²) in [5.74, 6) is 6.49. The van der Waals surface area contributed by atoms with Crippen LogP contribution in [0, 0.1) is 41.5 Å². The zero-order chi connectivity index (χ0) is 99.0. The first kappa shape index (κ1) is 92.7. The van der Waals surface area contributed by atoms with E-state index < -0.39 is 0 Å². The van der Waals surface area contributed by atoms with E-state index in [-0.39, 0.29) is 0 Å². The molecule has 21 heteroatoms. The van der Waals surface area contributed by atoms with Gasteiger partial charge in [0.15, 0.2) is 69.9 Å². The van der Waals surface area contributed by atoms with Crippen LogP contribution in [0.25, 0.3) is 226 Å². The molecule has 0 saturated carbocycles. The number of aromatic nitrogens is 21. The van der Waals surface area contributed by atoms with Gasteiger partial charge in [0, 0.05) is 94.2 Å². The molecule has 24 rings (SSSR count). The molecular weight excluding hydrogens is 1800 g/mol. The third-order valence-electron chi connectivity index (χ3n) is 24.7. The molecule has 13 heterocycles. The zero-order valence-electron chi connectivity index (χ0n) is 80.5. The van der Waals surface area contributed by atoms with E-state index in [1.54, 1.807) is 37.2 Å². The highest BCUT2D eigenvalue weighted by Crippen LogP contribution is 2.41. The third-order valence-corrected chi connectivity index (χ3v) is 24.7. The Morgan fingerprint density at radius 1 is 0.144 bits per heavy atom. The van der Waals surface area contributed by atoms with Crippen molar-refractivity contribution in [2.45, 2.75) is 41.5 Å². The van der Waals surface area contributed by atoms with Crippen molar-refractivity contribution in [2.24, 2.45) is 0 Å². The summed E-state index contributed by atoms with van der Waals surface area (Å²) in [5.41, 5.74) is 29.7. The molecule has 0 saturated heterocycles. The molecule has 21 nitrogen and oxygen atoms in total. The van der Waals surface area contributed by atoms with Crippen molar-refractivity contribution in [2.75, 3.05) is 0 Å². The van der Waals surface area contributed by atoms with Gasteiger partial charge in [0.2, 0.25) is 0 Å². The van der Waals surface area contributed by atoms with Gasteiger partial charge in [-0.2, -0.15) is 0 Å². The molecule has 13 aromatic heterocycles. The monoisotopic (exact) mass is 1890 g/mol. The predicted molar refractivity (Wildman–Crippen MR) is 581 cm³/mol. The molecule has 146 heavy (non-hydrogen) atoms. The molecule has 0 N–H and O–H groups in total. The Labute approximate surface area is 844 Å². The molecule has 24 aromatic rings. The van der Waals surface area contributed by atoms with Crippen LogP contribution in [0.2, 0.25) is 0 Å². The van der Waals surface area contributed by atoms with E-state index in [9.17, 15) is 0 Å². The number of hydrogen-bond donors (Lipinski definition) is 0. The van der Waals surface area contributed by atoms with Crippen LogP contribution < -0.4 is 0 Å². The summed E-state index contributed by atoms with van der Waals surface area (Å²) in [7, 11) is 0. The third kappa shape index (κ3) is 21.1. The SMILES string of the molecule is Cc1cc(-c2nc(-c3ccccn3)nc(-c3ccccn3)n2)ccc1-c1cccc2ccccc12.Cc1cc(-c2nc(-c3ccccn3)nc(-c3ccccn3)n2)ccc1-c1ccccc1-c1ccccc1.Cc1cc(-c2nc(-c3ccccn3)nc(-c3ccccn3)n2)ccc1-c1cncc2ccccc12.Cc1cccc(-c2nc(-c3ccc(-c4cccc(-c5ccccc5)c4)c(C)c3)nc(-c3cccc(C)n3)n2)n1. The fourth-order valence-corrected chi connectivity index (χ4v) is 17.6. The quantitative estimate of drug-likeness (QED) is 0.0772. The minimum Gasteiger partial charge on any atom is -0.263 e. The van der Waals surface area contributed by atoms with E-state index in [1.807, 2.05) is 196 Å². The molecule has 0 radical (unpaired) electrons. The fourth-order valence-electron chi connectivity index (χ4n) is 17.6. The maximum atomic E-state index is 4.85. The average Bonchev–Trinajstić information content (AvgIpc) is 0.785. The molecular formula is C125H91N21. The lowest BCUT2D eigenvalue weighted by Crippen LogP contribution is -2.03. The summed E-state index contributed by atoms with van der Waals surface area (Å²) in [4.78, 5) is 97.6. The van der Waals surface area contributed by atoms with E-state index in [2.05, 4.69) is 312 Å². The second-order valence-electron chi connectivity index (χ2n) is 34.8. The van der Waals surface area contributed by atoms with Crippen LogP contribution in [0.4, 0.5) is 0 Å². The Balaban J connectivity index is 0.000000114. The second-order valence-corrected chi connectivity index (χ2v) is 34.8. The van der Waals surface area contributed by atoms with E-state index in [4.69, 9.17) is 44.9 Å². The zero-order valence-corrected chi connectivity index (χ0v) is 80.5. The summed E-state index contributed by atoms with van der Waals surface area (Å²) < 4.78 is 0. The number of pyridine rings is 9. The summed E-state index contributed by atoms with van der Waals surface area (Å²) in [6, 6.07) is 132. The Hall–Kier alpha value is -19.7. The minimum absolute atomic E-state index is 0.510. The van der Waals surface area contributed by atoms with Gasteiger partial charge in [-0.3, -0.25) is 34.9 Å². The number of aryl methyl sites for hydroxylation is 6. The molecule has 0 unspecified atom stereocenters. The highest BCUT2D eigenvalue weighted by atomic mass is 15.1. The first-order chi connectivity index (χ1) is 71.8. The highest BCUT2D eigenvalue weighted by molar-refractivity contribution is 5.99. The standard InChI is InChI=1S/C34H27N5.C32H23N5.C30H21N5.C29H20N6/c1-22-20-28(18-19-29(22)27-15-9-14-26(21-27)25-12-5-4-6-13-25)32-37-33(30-16-7-10-23(2)35-30)39-34(38-32)31-17-8-11-24(3)36-31;1-22-21-24(17-18-25(22)27-14-6-5-13-26(27)23-11-3-2-4-12-23)30-35-31(28-15-7-9-19-33-28)37-32(36-30)29-16-8-10-20-34-29;1-20-19-22(15-16-23(20)25-12-8-10-21-9-2-3-11-24(21)25)28-33-29(26-13-4-6-17-31-26)35-30(34-28)27-14-5-7-18-32-27;1-19-16-20(12-13-22(19)24-18-30-17-21-8-2-3-9-23(21)24)27-33-28(25-10-4-6-14-31-25)35-29(34-27)26-11-5-7-15-32-26/h4-21H,1-3H3;2-21H,1H3;2-19H,1H3;2-18H,1H3. The van der Waals surface area contributed by atoms with Gasteiger partial charge in [0.25, 0.3) is 0 Å². The van der Waals surface area contributed by atoms with Gasteiger partial charge in [-0.1, -0.05) is 267 Å². The van der Waals surface area contributed by atoms with Gasteiger partial charge in [-0.25, -0.2) is 69.8 Å². The van der Waals surface area contributed by atoms with Crippen molar-refractivity contribution < 1.29 is 0 Å². The molecule has 0 atom stereocenters. The maximum absolute atomic E-state index is 4.85. The van der Waals surface area contributed by atoms with Gasteiger partial charge in [-0.15, -0.1) is 0 Å². The van der Waals surface area contributed by atoms with Crippen molar-refractivity contribution in [3.63, 3.8) is 0 Å². The van der Waals surface area contributed by atoms with Crippen molar-refractivity contribution in [1.82, 2.24) is 105 Å². The first-order valence-corrected chi connectivity index (χ1v) is 47.8. The van der Waals surface area contributed by atoms with Gasteiger partial charge in [0.05, 0.1) is 0 Å². The Morgan fingerprint density at radius 3 is 0.815 bits per heavy atom. The normalized spacial score (nSPS) is 10.9. The first-order valence-electron chi connectivity index (χ1n) is 47.8. The molecule has 0 amide bonds. The van der Waals surface area contributed by atoms with E-state index >= 15 is 0 Å². The van der Waals surface area contributed by atoms with Gasteiger partial charge in [-0.05, 0) is 269 Å². The number of hydrogen-bond acceptors (Lipinski definition) is 21. The molecule has 0 aliphatic rings. The number of benzene rings is 11. The molecule has 0 spiro atoms. The topological polar surface area (TPSA) is 271 Å². The largest absolute Gasteiger partial charge is 0.263 e. The maximum Gasteiger partial charge on any atom is 0.182 e. The van der Waals surface area contributed by atoms with Crippen LogP contribution >= 0.6 is 0 Å².